The van der Waals surface area contributed by atoms with Crippen molar-refractivity contribution >= 4 is 11.6 Å². The molecule has 4 heteroatoms. The van der Waals surface area contributed by atoms with Crippen LogP contribution in [0.5, 0.6) is 0 Å². The second-order valence-corrected chi connectivity index (χ2v) is 4.73. The number of rotatable bonds is 6. The Morgan fingerprint density at radius 3 is 2.67 bits per heavy atom. The molecule has 1 rings (SSSR count). The number of hydrogen-bond donors (Lipinski definition) is 2. The Hall–Kier alpha value is -1.39. The topological polar surface area (TPSA) is 58.4 Å². The predicted molar refractivity (Wildman–Crippen MR) is 75.3 cm³/mol. The minimum atomic E-state index is 0.0309. The first-order valence-electron chi connectivity index (χ1n) is 6.32. The third kappa shape index (κ3) is 4.47. The lowest BCUT2D eigenvalue weighted by Gasteiger charge is -2.20. The van der Waals surface area contributed by atoms with E-state index in [1.807, 2.05) is 31.3 Å². The Balaban J connectivity index is 2.49. The molecule has 0 aliphatic rings. The summed E-state index contributed by atoms with van der Waals surface area (Å²) in [5, 5.41) is 2.91. The van der Waals surface area contributed by atoms with E-state index in [0.29, 0.717) is 19.0 Å². The van der Waals surface area contributed by atoms with E-state index in [-0.39, 0.29) is 5.91 Å². The maximum absolute atomic E-state index is 11.8. The summed E-state index contributed by atoms with van der Waals surface area (Å²) in [7, 11) is 2.02. The Morgan fingerprint density at radius 1 is 1.39 bits per heavy atom. The molecule has 0 aromatic heterocycles. The van der Waals surface area contributed by atoms with E-state index in [0.717, 1.165) is 17.8 Å². The van der Waals surface area contributed by atoms with Crippen molar-refractivity contribution in [1.29, 1.82) is 0 Å². The highest BCUT2D eigenvalue weighted by molar-refractivity contribution is 5.91. The van der Waals surface area contributed by atoms with Crippen molar-refractivity contribution in [2.24, 2.45) is 5.73 Å². The molecule has 4 nitrogen and oxygen atoms in total. The summed E-state index contributed by atoms with van der Waals surface area (Å²) in [5.41, 5.74) is 7.41. The maximum Gasteiger partial charge on any atom is 0.225 e. The van der Waals surface area contributed by atoms with Gasteiger partial charge in [-0.2, -0.15) is 0 Å². The molecule has 1 amide bonds. The van der Waals surface area contributed by atoms with Crippen molar-refractivity contribution in [3.8, 4) is 0 Å². The van der Waals surface area contributed by atoms with Gasteiger partial charge >= 0.3 is 0 Å². The van der Waals surface area contributed by atoms with Gasteiger partial charge in [-0.15, -0.1) is 0 Å². The molecule has 1 aromatic rings. The number of hydrogen-bond acceptors (Lipinski definition) is 3. The van der Waals surface area contributed by atoms with E-state index >= 15 is 0 Å². The second kappa shape index (κ2) is 7.13. The lowest BCUT2D eigenvalue weighted by molar-refractivity contribution is -0.116. The van der Waals surface area contributed by atoms with Crippen LogP contribution in [0, 0.1) is 0 Å². The number of carbonyl (C=O) groups excluding carboxylic acids is 1. The van der Waals surface area contributed by atoms with Gasteiger partial charge in [-0.3, -0.25) is 4.79 Å². The van der Waals surface area contributed by atoms with Crippen molar-refractivity contribution < 1.29 is 4.79 Å². The molecule has 1 aromatic carbocycles. The Bertz CT molecular complexity index is 390. The van der Waals surface area contributed by atoms with Gasteiger partial charge in [0.1, 0.15) is 0 Å². The minimum absolute atomic E-state index is 0.0309. The van der Waals surface area contributed by atoms with Crippen molar-refractivity contribution in [2.45, 2.75) is 32.9 Å². The van der Waals surface area contributed by atoms with E-state index in [4.69, 9.17) is 5.73 Å². The van der Waals surface area contributed by atoms with Gasteiger partial charge in [0.15, 0.2) is 0 Å². The average molecular weight is 249 g/mol. The molecule has 3 N–H and O–H groups in total. The van der Waals surface area contributed by atoms with Crippen molar-refractivity contribution in [2.75, 3.05) is 18.9 Å². The third-order valence-corrected chi connectivity index (χ3v) is 3.08. The summed E-state index contributed by atoms with van der Waals surface area (Å²) in [6, 6.07) is 8.08. The average Bonchev–Trinajstić information content (AvgIpc) is 2.36. The van der Waals surface area contributed by atoms with Gasteiger partial charge < -0.3 is 16.0 Å². The number of benzene rings is 1. The van der Waals surface area contributed by atoms with Crippen molar-refractivity contribution in [3.63, 3.8) is 0 Å². The lowest BCUT2D eigenvalue weighted by Crippen LogP contribution is -2.30. The van der Waals surface area contributed by atoms with E-state index in [1.54, 1.807) is 0 Å². The summed E-state index contributed by atoms with van der Waals surface area (Å²) in [6.07, 6.45) is 0.494. The highest BCUT2D eigenvalue weighted by Crippen LogP contribution is 2.14. The van der Waals surface area contributed by atoms with Crippen LogP contribution >= 0.6 is 0 Å². The number of carbonyl (C=O) groups is 1. The Kier molecular flexibility index (Phi) is 5.82. The van der Waals surface area contributed by atoms with Crippen LogP contribution in [0.15, 0.2) is 24.3 Å². The van der Waals surface area contributed by atoms with Crippen molar-refractivity contribution in [1.82, 2.24) is 4.90 Å². The highest BCUT2D eigenvalue weighted by atomic mass is 16.1. The van der Waals surface area contributed by atoms with E-state index in [2.05, 4.69) is 24.1 Å². The molecule has 0 fully saturated rings. The predicted octanol–water partition coefficient (Wildman–Crippen LogP) is 1.81. The standard InChI is InChI=1S/C14H23N3O/c1-11(2)17(3)9-8-14(18)16-13-7-5-4-6-12(13)10-15/h4-7,11H,8-10,15H2,1-3H3,(H,16,18). The van der Waals surface area contributed by atoms with Crippen LogP contribution in [0.1, 0.15) is 25.8 Å². The number of para-hydroxylation sites is 1. The SMILES string of the molecule is CC(C)N(C)CCC(=O)Nc1ccccc1CN. The summed E-state index contributed by atoms with van der Waals surface area (Å²) in [6.45, 7) is 5.42. The zero-order valence-corrected chi connectivity index (χ0v) is 11.4. The zero-order valence-electron chi connectivity index (χ0n) is 11.4. The van der Waals surface area contributed by atoms with Gasteiger partial charge in [-0.05, 0) is 32.5 Å². The van der Waals surface area contributed by atoms with Crippen LogP contribution in [-0.4, -0.2) is 30.4 Å². The molecule has 0 aliphatic carbocycles. The lowest BCUT2D eigenvalue weighted by atomic mass is 10.1. The fourth-order valence-electron chi connectivity index (χ4n) is 1.57. The van der Waals surface area contributed by atoms with Crippen molar-refractivity contribution in [3.05, 3.63) is 29.8 Å². The Morgan fingerprint density at radius 2 is 2.06 bits per heavy atom. The number of nitrogens with zero attached hydrogens (tertiary/aromatic N) is 1. The molecule has 0 saturated carbocycles. The number of anilines is 1. The first-order chi connectivity index (χ1) is 8.54. The fraction of sp³-hybridized carbons (Fsp3) is 0.500. The van der Waals surface area contributed by atoms with Gasteiger partial charge in [-0.25, -0.2) is 0 Å². The molecule has 0 bridgehead atoms. The normalized spacial score (nSPS) is 11.0. The quantitative estimate of drug-likeness (QED) is 0.808. The molecular weight excluding hydrogens is 226 g/mol. The molecular formula is C14H23N3O. The third-order valence-electron chi connectivity index (χ3n) is 3.08. The van der Waals surface area contributed by atoms with Crippen LogP contribution in [0.3, 0.4) is 0 Å². The largest absolute Gasteiger partial charge is 0.326 e. The highest BCUT2D eigenvalue weighted by Gasteiger charge is 2.08. The molecule has 0 unspecified atom stereocenters. The smallest absolute Gasteiger partial charge is 0.225 e. The summed E-state index contributed by atoms with van der Waals surface area (Å²) in [5.74, 6) is 0.0309. The number of amides is 1. The summed E-state index contributed by atoms with van der Waals surface area (Å²) in [4.78, 5) is 14.0. The van der Waals surface area contributed by atoms with Gasteiger partial charge in [0.2, 0.25) is 5.91 Å². The maximum atomic E-state index is 11.8. The molecule has 0 radical (unpaired) electrons. The monoisotopic (exact) mass is 249 g/mol. The molecule has 18 heavy (non-hydrogen) atoms. The molecule has 0 spiro atoms. The van der Waals surface area contributed by atoms with E-state index in [9.17, 15) is 4.79 Å². The van der Waals surface area contributed by atoms with Gasteiger partial charge in [0.05, 0.1) is 0 Å². The van der Waals surface area contributed by atoms with Crippen LogP contribution < -0.4 is 11.1 Å². The molecule has 0 aliphatic heterocycles. The molecule has 0 atom stereocenters. The van der Waals surface area contributed by atoms with Crippen LogP contribution in [0.25, 0.3) is 0 Å². The van der Waals surface area contributed by atoms with Crippen LogP contribution in [0.2, 0.25) is 0 Å². The van der Waals surface area contributed by atoms with Gasteiger partial charge in [0.25, 0.3) is 0 Å². The van der Waals surface area contributed by atoms with Gasteiger partial charge in [-0.1, -0.05) is 18.2 Å². The number of nitrogens with two attached hydrogens (primary N) is 1. The first-order valence-corrected chi connectivity index (χ1v) is 6.32. The first kappa shape index (κ1) is 14.7. The van der Waals surface area contributed by atoms with E-state index in [1.165, 1.54) is 0 Å². The van der Waals surface area contributed by atoms with Gasteiger partial charge in [0, 0.05) is 31.2 Å². The van der Waals surface area contributed by atoms with Crippen LogP contribution in [0.4, 0.5) is 5.69 Å². The summed E-state index contributed by atoms with van der Waals surface area (Å²) >= 11 is 0. The molecule has 0 saturated heterocycles. The molecule has 0 heterocycles. The molecule has 100 valence electrons. The second-order valence-electron chi connectivity index (χ2n) is 4.73. The zero-order chi connectivity index (χ0) is 13.5. The number of nitrogens with one attached hydrogen (secondary N) is 1. The summed E-state index contributed by atoms with van der Waals surface area (Å²) < 4.78 is 0. The fourth-order valence-corrected chi connectivity index (χ4v) is 1.57. The van der Waals surface area contributed by atoms with E-state index < -0.39 is 0 Å². The Labute approximate surface area is 109 Å². The minimum Gasteiger partial charge on any atom is -0.326 e. The van der Waals surface area contributed by atoms with Crippen LogP contribution in [-0.2, 0) is 11.3 Å².